The van der Waals surface area contributed by atoms with Crippen LogP contribution in [-0.4, -0.2) is 71.5 Å². The molecule has 3 radical (unpaired) electrons. The maximum Gasteiger partial charge on any atom is 0.167 e. The first-order valence-electron chi connectivity index (χ1n) is 6.60. The van der Waals surface area contributed by atoms with Gasteiger partial charge >= 0.3 is 0 Å². The van der Waals surface area contributed by atoms with E-state index in [-0.39, 0.29) is 12.4 Å². The summed E-state index contributed by atoms with van der Waals surface area (Å²) in [4.78, 5) is 12.2. The first kappa shape index (κ1) is 15.3. The van der Waals surface area contributed by atoms with Gasteiger partial charge in [-0.1, -0.05) is 0 Å². The van der Waals surface area contributed by atoms with Crippen LogP contribution in [0, 0.1) is 0 Å². The van der Waals surface area contributed by atoms with E-state index >= 15 is 0 Å². The normalized spacial score (nSPS) is 35.3. The smallest absolute Gasteiger partial charge is 0.167 e. The summed E-state index contributed by atoms with van der Waals surface area (Å²) in [5, 5.41) is 18.5. The molecule has 0 bridgehead atoms. The summed E-state index contributed by atoms with van der Waals surface area (Å²) in [6.45, 7) is 1.30. The second kappa shape index (κ2) is 4.96. The van der Waals surface area contributed by atoms with E-state index in [2.05, 4.69) is 25.2 Å². The summed E-state index contributed by atoms with van der Waals surface area (Å²) in [7, 11) is 5.00. The second-order valence-electron chi connectivity index (χ2n) is 5.28. The number of aliphatic hydroxyl groups is 2. The third-order valence-electron chi connectivity index (χ3n) is 4.22. The Morgan fingerprint density at radius 2 is 2.23 bits per heavy atom. The highest BCUT2D eigenvalue weighted by molar-refractivity contribution is 6.14. The minimum atomic E-state index is -1.33. The number of fused-ring (bicyclic) bond motifs is 1. The summed E-state index contributed by atoms with van der Waals surface area (Å²) in [5.41, 5.74) is 5.40. The lowest BCUT2D eigenvalue weighted by molar-refractivity contribution is -0.147. The molecule has 1 saturated heterocycles. The van der Waals surface area contributed by atoms with Crippen LogP contribution < -0.4 is 5.73 Å². The number of anilines is 1. The molecular weight excluding hydrogens is 306 g/mol. The van der Waals surface area contributed by atoms with Gasteiger partial charge in [-0.15, -0.1) is 0 Å². The molecule has 1 aliphatic rings. The minimum Gasteiger partial charge on any atom is -0.394 e. The van der Waals surface area contributed by atoms with E-state index in [1.54, 1.807) is 11.5 Å². The fourth-order valence-electron chi connectivity index (χ4n) is 2.73. The Morgan fingerprint density at radius 1 is 1.50 bits per heavy atom. The van der Waals surface area contributed by atoms with E-state index in [0.717, 1.165) is 0 Å². The number of rotatable bonds is 3. The largest absolute Gasteiger partial charge is 0.394 e. The van der Waals surface area contributed by atoms with Crippen molar-refractivity contribution in [2.24, 2.45) is 0 Å². The molecule has 0 aliphatic carbocycles. The van der Waals surface area contributed by atoms with Crippen molar-refractivity contribution in [1.29, 1.82) is 0 Å². The van der Waals surface area contributed by atoms with Crippen molar-refractivity contribution in [3.8, 4) is 0 Å². The van der Waals surface area contributed by atoms with Crippen LogP contribution in [0.15, 0.2) is 12.7 Å². The molecule has 22 heavy (non-hydrogen) atoms. The lowest BCUT2D eigenvalue weighted by atomic mass is 9.95. The van der Waals surface area contributed by atoms with Crippen molar-refractivity contribution in [2.75, 3.05) is 19.5 Å². The summed E-state index contributed by atoms with van der Waals surface area (Å²) in [5.74, 6) is 0.232. The quantitative estimate of drug-likeness (QED) is 0.573. The number of nitrogens with zero attached hydrogens (tertiary/aromatic N) is 4. The van der Waals surface area contributed by atoms with Crippen LogP contribution in [0.1, 0.15) is 6.92 Å². The average molecular weight is 322 g/mol. The zero-order valence-corrected chi connectivity index (χ0v) is 13.1. The van der Waals surface area contributed by atoms with Gasteiger partial charge < -0.3 is 25.4 Å². The predicted octanol–water partition coefficient (Wildman–Crippen LogP) is -1.66. The molecule has 117 valence electrons. The predicted molar refractivity (Wildman–Crippen MR) is 76.8 cm³/mol. The number of nitrogen functional groups attached to an aromatic ring is 1. The highest BCUT2D eigenvalue weighted by atomic mass is 28.1. The van der Waals surface area contributed by atoms with Crippen LogP contribution in [0.3, 0.4) is 0 Å². The number of aromatic nitrogens is 4. The van der Waals surface area contributed by atoms with E-state index in [9.17, 15) is 10.2 Å². The van der Waals surface area contributed by atoms with Crippen LogP contribution in [0.5, 0.6) is 0 Å². The van der Waals surface area contributed by atoms with Gasteiger partial charge in [0.15, 0.2) is 16.8 Å². The maximum atomic E-state index is 10.4. The molecule has 2 aromatic rings. The average Bonchev–Trinajstić information content (AvgIpc) is 3.03. The Hall–Kier alpha value is -1.59. The number of aliphatic hydroxyl groups excluding tert-OH is 2. The Morgan fingerprint density at radius 3 is 2.86 bits per heavy atom. The number of hydrogen-bond donors (Lipinski definition) is 3. The number of methoxy groups -OCH3 is 1. The standard InChI is InChI=1S/C12H16N5O4Si/c1-11(20-2)8(19)6(3-18)21-12(11,22)17-5-16-7-9(13)14-4-15-10(7)17/h4-6,8,18-19H,3H2,1-2H3,(H2,13,14,15)/t6-,8-,11-,12+/m1/s1. The first-order valence-corrected chi connectivity index (χ1v) is 7.10. The van der Waals surface area contributed by atoms with E-state index in [1.807, 2.05) is 0 Å². The van der Waals surface area contributed by atoms with Gasteiger partial charge in [0.25, 0.3) is 0 Å². The minimum absolute atomic E-state index is 0.232. The maximum absolute atomic E-state index is 10.4. The van der Waals surface area contributed by atoms with Crippen LogP contribution in [0.25, 0.3) is 11.2 Å². The molecule has 10 heteroatoms. The molecule has 1 aliphatic heterocycles. The fourth-order valence-corrected chi connectivity index (χ4v) is 3.30. The topological polar surface area (TPSA) is 129 Å². The monoisotopic (exact) mass is 322 g/mol. The van der Waals surface area contributed by atoms with Crippen molar-refractivity contribution >= 4 is 27.2 Å². The number of hydrogen-bond acceptors (Lipinski definition) is 8. The van der Waals surface area contributed by atoms with E-state index in [0.29, 0.717) is 11.2 Å². The fraction of sp³-hybridized carbons (Fsp3) is 0.583. The van der Waals surface area contributed by atoms with Crippen molar-refractivity contribution in [1.82, 2.24) is 19.5 Å². The van der Waals surface area contributed by atoms with Crippen LogP contribution in [-0.2, 0) is 14.8 Å². The molecular formula is C12H16N5O4Si. The SMILES string of the molecule is CO[C@]1(C)[C@H](O)[C@@H](CO)O[C@@]1([Si])n1cnc2c(N)ncnc21. The van der Waals surface area contributed by atoms with Crippen molar-refractivity contribution in [3.05, 3.63) is 12.7 Å². The molecule has 1 fully saturated rings. The van der Waals surface area contributed by atoms with Gasteiger partial charge in [0.2, 0.25) is 0 Å². The number of ether oxygens (including phenoxy) is 2. The summed E-state index contributed by atoms with van der Waals surface area (Å²) < 4.78 is 12.9. The summed E-state index contributed by atoms with van der Waals surface area (Å²) in [6, 6.07) is 0. The van der Waals surface area contributed by atoms with Gasteiger partial charge in [-0.25, -0.2) is 15.0 Å². The number of imidazole rings is 1. The van der Waals surface area contributed by atoms with E-state index < -0.39 is 23.2 Å². The molecule has 0 aromatic carbocycles. The highest BCUT2D eigenvalue weighted by Crippen LogP contribution is 2.44. The van der Waals surface area contributed by atoms with E-state index in [4.69, 9.17) is 15.2 Å². The molecule has 0 spiro atoms. The Bertz CT molecular complexity index is 712. The lowest BCUT2D eigenvalue weighted by Crippen LogP contribution is -2.57. The lowest BCUT2D eigenvalue weighted by Gasteiger charge is -2.40. The third kappa shape index (κ3) is 1.75. The van der Waals surface area contributed by atoms with Crippen molar-refractivity contribution < 1.29 is 19.7 Å². The van der Waals surface area contributed by atoms with Gasteiger partial charge in [0.05, 0.1) is 12.9 Å². The van der Waals surface area contributed by atoms with Gasteiger partial charge in [-0.2, -0.15) is 0 Å². The van der Waals surface area contributed by atoms with Gasteiger partial charge in [-0.05, 0) is 6.92 Å². The Labute approximate surface area is 129 Å². The van der Waals surface area contributed by atoms with E-state index in [1.165, 1.54) is 19.8 Å². The molecule has 3 rings (SSSR count). The molecule has 0 saturated carbocycles. The molecule has 0 amide bonds. The highest BCUT2D eigenvalue weighted by Gasteiger charge is 2.62. The van der Waals surface area contributed by atoms with Gasteiger partial charge in [-0.3, -0.25) is 4.57 Å². The molecule has 4 N–H and O–H groups in total. The molecule has 9 nitrogen and oxygen atoms in total. The zero-order valence-electron chi connectivity index (χ0n) is 12.1. The van der Waals surface area contributed by atoms with Crippen LogP contribution in [0.2, 0.25) is 0 Å². The summed E-state index contributed by atoms with van der Waals surface area (Å²) in [6.07, 6.45) is 0.868. The first-order chi connectivity index (χ1) is 10.4. The van der Waals surface area contributed by atoms with Crippen LogP contribution >= 0.6 is 0 Å². The summed E-state index contributed by atoms with van der Waals surface area (Å²) >= 11 is 0. The molecule has 2 aromatic heterocycles. The number of nitrogens with two attached hydrogens (primary N) is 1. The Kier molecular flexibility index (Phi) is 3.45. The molecule has 4 atom stereocenters. The third-order valence-corrected chi connectivity index (χ3v) is 5.07. The van der Waals surface area contributed by atoms with Crippen LogP contribution in [0.4, 0.5) is 5.82 Å². The second-order valence-corrected chi connectivity index (χ2v) is 5.96. The molecule has 3 heterocycles. The zero-order chi connectivity index (χ0) is 16.1. The van der Waals surface area contributed by atoms with Crippen molar-refractivity contribution in [3.63, 3.8) is 0 Å². The van der Waals surface area contributed by atoms with Crippen molar-refractivity contribution in [2.45, 2.75) is 30.1 Å². The van der Waals surface area contributed by atoms with Gasteiger partial charge in [0.1, 0.15) is 39.9 Å². The Balaban J connectivity index is 2.21. The molecule has 0 unspecified atom stereocenters. The van der Waals surface area contributed by atoms with Gasteiger partial charge in [0, 0.05) is 7.11 Å².